The van der Waals surface area contributed by atoms with Crippen LogP contribution in [-0.4, -0.2) is 5.16 Å². The number of aromatic nitrogens is 2. The lowest BCUT2D eigenvalue weighted by Gasteiger charge is -1.90. The highest BCUT2D eigenvalue weighted by Gasteiger charge is 2.07. The highest BCUT2D eigenvalue weighted by atomic mass is 35.5. The van der Waals surface area contributed by atoms with Crippen LogP contribution >= 0.6 is 11.6 Å². The van der Waals surface area contributed by atoms with Crippen LogP contribution in [0.3, 0.4) is 0 Å². The third-order valence-corrected chi connectivity index (χ3v) is 1.84. The molecule has 0 radical (unpaired) electrons. The van der Waals surface area contributed by atoms with E-state index >= 15 is 0 Å². The van der Waals surface area contributed by atoms with Crippen LogP contribution in [0.2, 0.25) is 5.02 Å². The minimum Gasteiger partial charge on any atom is -0.360 e. The van der Waals surface area contributed by atoms with E-state index in [0.29, 0.717) is 15.6 Å². The zero-order valence-corrected chi connectivity index (χ0v) is 7.23. The first kappa shape index (κ1) is 8.07. The Balaban J connectivity index is 2.41. The largest absolute Gasteiger partial charge is 0.360 e. The average molecular weight is 197 g/mol. The van der Waals surface area contributed by atoms with E-state index < -0.39 is 0 Å². The maximum absolute atomic E-state index is 10.6. The summed E-state index contributed by atoms with van der Waals surface area (Å²) < 4.78 is 4.33. The topological polar surface area (TPSA) is 53.0 Å². The van der Waals surface area contributed by atoms with Gasteiger partial charge in [0.1, 0.15) is 0 Å². The number of rotatable bonds is 1. The standard InChI is InChI=1S/C8H5ClN2O2/c9-7-3-1-6(2-4-7)8-5-11(12)13-10-8/h1-5H. The molecule has 66 valence electrons. The van der Waals surface area contributed by atoms with Crippen molar-refractivity contribution in [1.82, 2.24) is 5.16 Å². The molecule has 1 aromatic carbocycles. The summed E-state index contributed by atoms with van der Waals surface area (Å²) in [4.78, 5) is 0.296. The van der Waals surface area contributed by atoms with Crippen molar-refractivity contribution in [2.75, 3.05) is 0 Å². The maximum atomic E-state index is 10.6. The van der Waals surface area contributed by atoms with Gasteiger partial charge in [0.25, 0.3) is 0 Å². The number of hydrogen-bond donors (Lipinski definition) is 0. The summed E-state index contributed by atoms with van der Waals surface area (Å²) in [6.07, 6.45) is 1.25. The Bertz CT molecular complexity index is 410. The average Bonchev–Trinajstić information content (AvgIpc) is 2.53. The molecular weight excluding hydrogens is 192 g/mol. The Hall–Kier alpha value is -1.55. The normalized spacial score (nSPS) is 10.2. The molecule has 5 heteroatoms. The SMILES string of the molecule is [O-][n+]1cc(-c2ccc(Cl)cc2)no1. The van der Waals surface area contributed by atoms with E-state index in [0.717, 1.165) is 5.56 Å². The molecule has 1 aromatic heterocycles. The Labute approximate surface area is 78.9 Å². The lowest BCUT2D eigenvalue weighted by atomic mass is 10.2. The fourth-order valence-electron chi connectivity index (χ4n) is 0.979. The van der Waals surface area contributed by atoms with Crippen LogP contribution in [0.15, 0.2) is 35.1 Å². The van der Waals surface area contributed by atoms with Gasteiger partial charge in [-0.25, -0.2) is 0 Å². The molecule has 0 unspecified atom stereocenters. The summed E-state index contributed by atoms with van der Waals surface area (Å²) >= 11 is 5.69. The van der Waals surface area contributed by atoms with E-state index in [9.17, 15) is 5.21 Å². The highest BCUT2D eigenvalue weighted by Crippen LogP contribution is 2.17. The van der Waals surface area contributed by atoms with E-state index in [1.807, 2.05) is 0 Å². The molecule has 0 saturated carbocycles. The van der Waals surface area contributed by atoms with Crippen LogP contribution in [0.4, 0.5) is 0 Å². The predicted octanol–water partition coefficient (Wildman–Crippen LogP) is 1.63. The lowest BCUT2D eigenvalue weighted by molar-refractivity contribution is -0.802. The number of nitrogens with zero attached hydrogens (tertiary/aromatic N) is 2. The zero-order valence-electron chi connectivity index (χ0n) is 6.48. The van der Waals surface area contributed by atoms with E-state index in [1.54, 1.807) is 24.3 Å². The molecule has 1 heterocycles. The molecule has 4 nitrogen and oxygen atoms in total. The Morgan fingerprint density at radius 3 is 2.54 bits per heavy atom. The summed E-state index contributed by atoms with van der Waals surface area (Å²) in [5.74, 6) is 0. The van der Waals surface area contributed by atoms with Crippen LogP contribution in [0.5, 0.6) is 0 Å². The fourth-order valence-corrected chi connectivity index (χ4v) is 1.11. The van der Waals surface area contributed by atoms with Gasteiger partial charge in [-0.15, -0.1) is 0 Å². The minimum atomic E-state index is 0.296. The summed E-state index contributed by atoms with van der Waals surface area (Å²) in [7, 11) is 0. The molecule has 0 amide bonds. The second kappa shape index (κ2) is 3.06. The van der Waals surface area contributed by atoms with Gasteiger partial charge in [0.15, 0.2) is 6.20 Å². The molecule has 0 spiro atoms. The van der Waals surface area contributed by atoms with Crippen molar-refractivity contribution in [3.8, 4) is 11.3 Å². The quantitative estimate of drug-likeness (QED) is 0.652. The molecule has 2 rings (SSSR count). The summed E-state index contributed by atoms with van der Waals surface area (Å²) in [5, 5.41) is 14.8. The van der Waals surface area contributed by atoms with Crippen molar-refractivity contribution in [3.05, 3.63) is 40.7 Å². The highest BCUT2D eigenvalue weighted by molar-refractivity contribution is 6.30. The van der Waals surface area contributed by atoms with Gasteiger partial charge in [-0.05, 0) is 29.2 Å². The second-order valence-corrected chi connectivity index (χ2v) is 2.92. The van der Waals surface area contributed by atoms with Crippen molar-refractivity contribution in [2.45, 2.75) is 0 Å². The second-order valence-electron chi connectivity index (χ2n) is 2.48. The van der Waals surface area contributed by atoms with Crippen molar-refractivity contribution < 1.29 is 9.53 Å². The fraction of sp³-hybridized carbons (Fsp3) is 0. The van der Waals surface area contributed by atoms with Crippen LogP contribution in [-0.2, 0) is 0 Å². The van der Waals surface area contributed by atoms with E-state index in [4.69, 9.17) is 11.6 Å². The first-order valence-electron chi connectivity index (χ1n) is 3.58. The van der Waals surface area contributed by atoms with Crippen molar-refractivity contribution in [3.63, 3.8) is 0 Å². The summed E-state index contributed by atoms with van der Waals surface area (Å²) in [6, 6.07) is 6.97. The van der Waals surface area contributed by atoms with Crippen molar-refractivity contribution in [1.29, 1.82) is 0 Å². The minimum absolute atomic E-state index is 0.296. The third kappa shape index (κ3) is 1.62. The van der Waals surface area contributed by atoms with Gasteiger partial charge in [-0.3, -0.25) is 4.63 Å². The van der Waals surface area contributed by atoms with Gasteiger partial charge in [-0.1, -0.05) is 11.6 Å². The molecule has 0 fully saturated rings. The van der Waals surface area contributed by atoms with E-state index in [1.165, 1.54) is 6.20 Å². The van der Waals surface area contributed by atoms with Gasteiger partial charge in [0.2, 0.25) is 5.69 Å². The van der Waals surface area contributed by atoms with Crippen LogP contribution in [0, 0.1) is 5.21 Å². The molecule has 0 aliphatic rings. The molecule has 0 N–H and O–H groups in total. The van der Waals surface area contributed by atoms with Crippen molar-refractivity contribution in [2.24, 2.45) is 0 Å². The number of hydrogen-bond acceptors (Lipinski definition) is 3. The third-order valence-electron chi connectivity index (χ3n) is 1.59. The molecule has 2 aromatic rings. The number of benzene rings is 1. The van der Waals surface area contributed by atoms with Crippen LogP contribution < -0.4 is 4.90 Å². The van der Waals surface area contributed by atoms with Gasteiger partial charge in [-0.2, -0.15) is 0 Å². The summed E-state index contributed by atoms with van der Waals surface area (Å²) in [5.41, 5.74) is 1.29. The van der Waals surface area contributed by atoms with Crippen LogP contribution in [0.1, 0.15) is 0 Å². The van der Waals surface area contributed by atoms with Crippen LogP contribution in [0.25, 0.3) is 11.3 Å². The Morgan fingerprint density at radius 1 is 1.31 bits per heavy atom. The van der Waals surface area contributed by atoms with Crippen molar-refractivity contribution >= 4 is 11.6 Å². The molecule has 0 saturated heterocycles. The van der Waals surface area contributed by atoms with Gasteiger partial charge in [0.05, 0.1) is 0 Å². The molecule has 0 aliphatic carbocycles. The first-order valence-corrected chi connectivity index (χ1v) is 3.96. The Morgan fingerprint density at radius 2 is 2.00 bits per heavy atom. The molecular formula is C8H5ClN2O2. The molecule has 0 bridgehead atoms. The summed E-state index contributed by atoms with van der Waals surface area (Å²) in [6.45, 7) is 0. The van der Waals surface area contributed by atoms with E-state index in [2.05, 4.69) is 9.79 Å². The first-order chi connectivity index (χ1) is 6.25. The van der Waals surface area contributed by atoms with E-state index in [-0.39, 0.29) is 0 Å². The van der Waals surface area contributed by atoms with Gasteiger partial charge in [0, 0.05) is 15.7 Å². The molecule has 0 atom stereocenters. The smallest absolute Gasteiger partial charge is 0.248 e. The lowest BCUT2D eigenvalue weighted by Crippen LogP contribution is -2.20. The number of halogens is 1. The maximum Gasteiger partial charge on any atom is 0.248 e. The molecule has 13 heavy (non-hydrogen) atoms. The Kier molecular flexibility index (Phi) is 1.90. The van der Waals surface area contributed by atoms with Gasteiger partial charge < -0.3 is 5.21 Å². The zero-order chi connectivity index (χ0) is 9.26. The van der Waals surface area contributed by atoms with Gasteiger partial charge >= 0.3 is 0 Å². The predicted molar refractivity (Wildman–Crippen MR) is 45.9 cm³/mol. The monoisotopic (exact) mass is 196 g/mol. The molecule has 0 aliphatic heterocycles.